The molecule has 0 aliphatic rings. The molecule has 0 saturated carbocycles. The summed E-state index contributed by atoms with van der Waals surface area (Å²) in [7, 11) is 0. The van der Waals surface area contributed by atoms with Crippen molar-refractivity contribution in [2.75, 3.05) is 0 Å². The Balaban J connectivity index is 2.17. The van der Waals surface area contributed by atoms with Crippen molar-refractivity contribution in [3.8, 4) is 0 Å². The van der Waals surface area contributed by atoms with Crippen LogP contribution < -0.4 is 11.3 Å². The van der Waals surface area contributed by atoms with Gasteiger partial charge in [0.1, 0.15) is 5.82 Å². The molecule has 0 fully saturated rings. The predicted molar refractivity (Wildman–Crippen MR) is 75.8 cm³/mol. The Morgan fingerprint density at radius 1 is 1.53 bits per heavy atom. The summed E-state index contributed by atoms with van der Waals surface area (Å²) in [5, 5.41) is 4.23. The van der Waals surface area contributed by atoms with Crippen LogP contribution in [0.25, 0.3) is 0 Å². The van der Waals surface area contributed by atoms with Crippen LogP contribution in [0, 0.1) is 5.82 Å². The van der Waals surface area contributed by atoms with Crippen LogP contribution in [0.15, 0.2) is 35.1 Å². The summed E-state index contributed by atoms with van der Waals surface area (Å²) in [5.74, 6) is 5.31. The lowest BCUT2D eigenvalue weighted by atomic mass is 10.0. The molecule has 4 nitrogen and oxygen atoms in total. The molecule has 0 spiro atoms. The zero-order valence-electron chi connectivity index (χ0n) is 10.6. The summed E-state index contributed by atoms with van der Waals surface area (Å²) in [4.78, 5) is 0. The smallest absolute Gasteiger partial charge is 0.137 e. The number of aryl methyl sites for hydroxylation is 1. The summed E-state index contributed by atoms with van der Waals surface area (Å²) in [6, 6.07) is 4.82. The number of rotatable bonds is 5. The monoisotopic (exact) mass is 326 g/mol. The summed E-state index contributed by atoms with van der Waals surface area (Å²) in [5.41, 5.74) is 4.78. The van der Waals surface area contributed by atoms with Crippen LogP contribution in [0.2, 0.25) is 0 Å². The van der Waals surface area contributed by atoms with Crippen LogP contribution in [0.4, 0.5) is 4.39 Å². The van der Waals surface area contributed by atoms with Crippen molar-refractivity contribution in [1.29, 1.82) is 0 Å². The predicted octanol–water partition coefficient (Wildman–Crippen LogP) is 2.55. The van der Waals surface area contributed by atoms with Crippen molar-refractivity contribution in [2.45, 2.75) is 25.9 Å². The number of hydrazine groups is 1. The number of nitrogens with two attached hydrogens (primary N) is 1. The van der Waals surface area contributed by atoms with Crippen LogP contribution >= 0.6 is 15.9 Å². The first-order chi connectivity index (χ1) is 9.13. The van der Waals surface area contributed by atoms with Gasteiger partial charge < -0.3 is 0 Å². The fourth-order valence-corrected chi connectivity index (χ4v) is 2.32. The third-order valence-corrected chi connectivity index (χ3v) is 3.61. The summed E-state index contributed by atoms with van der Waals surface area (Å²) in [6.07, 6.45) is 4.52. The highest BCUT2D eigenvalue weighted by Crippen LogP contribution is 2.23. The minimum Gasteiger partial charge on any atom is -0.273 e. The molecule has 3 N–H and O–H groups in total. The Bertz CT molecular complexity index is 555. The third kappa shape index (κ3) is 3.40. The molecule has 1 atom stereocenters. The van der Waals surface area contributed by atoms with Gasteiger partial charge in [0.25, 0.3) is 0 Å². The van der Waals surface area contributed by atoms with Crippen molar-refractivity contribution >= 4 is 15.9 Å². The molecule has 19 heavy (non-hydrogen) atoms. The van der Waals surface area contributed by atoms with E-state index in [-0.39, 0.29) is 11.9 Å². The maximum absolute atomic E-state index is 13.2. The van der Waals surface area contributed by atoms with Crippen molar-refractivity contribution in [3.05, 3.63) is 52.0 Å². The first kappa shape index (κ1) is 14.2. The summed E-state index contributed by atoms with van der Waals surface area (Å²) in [6.45, 7) is 2.87. The van der Waals surface area contributed by atoms with Gasteiger partial charge >= 0.3 is 0 Å². The lowest BCUT2D eigenvalue weighted by Crippen LogP contribution is -2.29. The van der Waals surface area contributed by atoms with Gasteiger partial charge in [0.2, 0.25) is 0 Å². The van der Waals surface area contributed by atoms with Gasteiger partial charge in [-0.25, -0.2) is 4.39 Å². The quantitative estimate of drug-likeness (QED) is 0.655. The fraction of sp³-hybridized carbons (Fsp3) is 0.308. The maximum Gasteiger partial charge on any atom is 0.137 e. The van der Waals surface area contributed by atoms with E-state index in [4.69, 9.17) is 5.84 Å². The van der Waals surface area contributed by atoms with Gasteiger partial charge in [-0.15, -0.1) is 0 Å². The number of halogens is 2. The zero-order chi connectivity index (χ0) is 13.8. The molecule has 0 amide bonds. The first-order valence-electron chi connectivity index (χ1n) is 6.06. The highest BCUT2D eigenvalue weighted by Gasteiger charge is 2.13. The summed E-state index contributed by atoms with van der Waals surface area (Å²) >= 11 is 3.18. The second-order valence-corrected chi connectivity index (χ2v) is 5.16. The second kappa shape index (κ2) is 6.27. The first-order valence-corrected chi connectivity index (χ1v) is 6.85. The number of benzene rings is 1. The second-order valence-electron chi connectivity index (χ2n) is 4.30. The van der Waals surface area contributed by atoms with Crippen LogP contribution in [0.1, 0.15) is 24.1 Å². The van der Waals surface area contributed by atoms with E-state index in [2.05, 4.69) is 26.5 Å². The normalized spacial score (nSPS) is 12.6. The maximum atomic E-state index is 13.2. The Labute approximate surface area is 119 Å². The van der Waals surface area contributed by atoms with Crippen molar-refractivity contribution < 1.29 is 4.39 Å². The third-order valence-electron chi connectivity index (χ3n) is 3.00. The number of hydrogen-bond donors (Lipinski definition) is 2. The lowest BCUT2D eigenvalue weighted by Gasteiger charge is -2.16. The molecule has 2 aromatic rings. The Morgan fingerprint density at radius 3 is 2.89 bits per heavy atom. The Morgan fingerprint density at radius 2 is 2.32 bits per heavy atom. The number of nitrogens with one attached hydrogen (secondary N) is 1. The SMILES string of the molecule is CCn1cc(CC(NN)c2ccc(F)c(Br)c2)cn1. The average molecular weight is 327 g/mol. The largest absolute Gasteiger partial charge is 0.273 e. The molecule has 1 unspecified atom stereocenters. The van der Waals surface area contributed by atoms with E-state index in [1.165, 1.54) is 6.07 Å². The van der Waals surface area contributed by atoms with E-state index < -0.39 is 0 Å². The molecule has 1 aromatic heterocycles. The summed E-state index contributed by atoms with van der Waals surface area (Å²) < 4.78 is 15.5. The van der Waals surface area contributed by atoms with Crippen LogP contribution in [-0.2, 0) is 13.0 Å². The van der Waals surface area contributed by atoms with Gasteiger partial charge in [-0.1, -0.05) is 6.07 Å². The van der Waals surface area contributed by atoms with Crippen molar-refractivity contribution in [1.82, 2.24) is 15.2 Å². The van der Waals surface area contributed by atoms with Crippen LogP contribution in [0.5, 0.6) is 0 Å². The highest BCUT2D eigenvalue weighted by molar-refractivity contribution is 9.10. The standard InChI is InChI=1S/C13H16BrFN4/c1-2-19-8-9(7-17-19)5-13(18-16)10-3-4-12(15)11(14)6-10/h3-4,6-8,13,18H,2,5,16H2,1H3. The highest BCUT2D eigenvalue weighted by atomic mass is 79.9. The van der Waals surface area contributed by atoms with Gasteiger partial charge in [0.05, 0.1) is 16.7 Å². The minimum absolute atomic E-state index is 0.0774. The van der Waals surface area contributed by atoms with Gasteiger partial charge in [-0.3, -0.25) is 16.0 Å². The van der Waals surface area contributed by atoms with E-state index in [1.807, 2.05) is 24.0 Å². The van der Waals surface area contributed by atoms with E-state index in [1.54, 1.807) is 12.1 Å². The van der Waals surface area contributed by atoms with Gasteiger partial charge in [0, 0.05) is 12.7 Å². The molecule has 0 bridgehead atoms. The van der Waals surface area contributed by atoms with E-state index in [0.29, 0.717) is 10.9 Å². The molecule has 0 aliphatic carbocycles. The van der Waals surface area contributed by atoms with Crippen LogP contribution in [-0.4, -0.2) is 9.78 Å². The minimum atomic E-state index is -0.279. The topological polar surface area (TPSA) is 55.9 Å². The van der Waals surface area contributed by atoms with E-state index >= 15 is 0 Å². The lowest BCUT2D eigenvalue weighted by molar-refractivity contribution is 0.548. The molecule has 0 aliphatic heterocycles. The van der Waals surface area contributed by atoms with Crippen molar-refractivity contribution in [3.63, 3.8) is 0 Å². The zero-order valence-corrected chi connectivity index (χ0v) is 12.2. The van der Waals surface area contributed by atoms with Crippen molar-refractivity contribution in [2.24, 2.45) is 5.84 Å². The fourth-order valence-electron chi connectivity index (χ4n) is 1.92. The molecule has 102 valence electrons. The van der Waals surface area contributed by atoms with E-state index in [9.17, 15) is 4.39 Å². The molecule has 1 heterocycles. The molecule has 0 saturated heterocycles. The Hall–Kier alpha value is -1.24. The molecule has 1 aromatic carbocycles. The number of hydrogen-bond acceptors (Lipinski definition) is 3. The average Bonchev–Trinajstić information content (AvgIpc) is 2.87. The van der Waals surface area contributed by atoms with Crippen LogP contribution in [0.3, 0.4) is 0 Å². The number of nitrogens with zero attached hydrogens (tertiary/aromatic N) is 2. The molecular formula is C13H16BrFN4. The molecule has 6 heteroatoms. The van der Waals surface area contributed by atoms with E-state index in [0.717, 1.165) is 17.7 Å². The number of aromatic nitrogens is 2. The van der Waals surface area contributed by atoms with Gasteiger partial charge in [-0.05, 0) is 52.5 Å². The molecule has 0 radical (unpaired) electrons. The molecule has 2 rings (SSSR count). The Kier molecular flexibility index (Phi) is 4.68. The van der Waals surface area contributed by atoms with Gasteiger partial charge in [-0.2, -0.15) is 5.10 Å². The van der Waals surface area contributed by atoms with Gasteiger partial charge in [0.15, 0.2) is 0 Å². The molecular weight excluding hydrogens is 311 g/mol.